The molecule has 1 aromatic heterocycles. The summed E-state index contributed by atoms with van der Waals surface area (Å²) in [6.07, 6.45) is -1.97. The van der Waals surface area contributed by atoms with E-state index in [9.17, 15) is 19.0 Å². The Bertz CT molecular complexity index is 753. The summed E-state index contributed by atoms with van der Waals surface area (Å²) in [6.45, 7) is -0.706. The van der Waals surface area contributed by atoms with Gasteiger partial charge >= 0.3 is 50.9 Å². The second-order valence-corrected chi connectivity index (χ2v) is 7.64. The van der Waals surface area contributed by atoms with Crippen molar-refractivity contribution in [3.8, 4) is 0 Å². The van der Waals surface area contributed by atoms with Crippen LogP contribution < -0.4 is 11.4 Å². The van der Waals surface area contributed by atoms with Crippen LogP contribution in [0.3, 0.4) is 0 Å². The van der Waals surface area contributed by atoms with E-state index in [2.05, 4.69) is 13.8 Å². The van der Waals surface area contributed by atoms with E-state index in [-0.39, 0.29) is 41.8 Å². The number of ether oxygens (including phenoxy) is 1. The molecule has 1 unspecified atom stereocenters. The van der Waals surface area contributed by atoms with E-state index < -0.39 is 46.4 Å². The Balaban J connectivity index is 0.00000312. The number of aliphatic hydroxyl groups is 1. The van der Waals surface area contributed by atoms with Crippen molar-refractivity contribution >= 4 is 51.0 Å². The van der Waals surface area contributed by atoms with Crippen LogP contribution in [0.5, 0.6) is 0 Å². The molecule has 138 valence electrons. The summed E-state index contributed by atoms with van der Waals surface area (Å²) in [7, 11) is -10.3. The molecule has 0 radical (unpaired) electrons. The molecule has 0 bridgehead atoms. The third kappa shape index (κ3) is 6.83. The van der Waals surface area contributed by atoms with E-state index in [4.69, 9.17) is 25.2 Å². The van der Waals surface area contributed by atoms with Gasteiger partial charge in [0.15, 0.2) is 0 Å². The fourth-order valence-corrected chi connectivity index (χ4v) is 3.61. The molecule has 25 heavy (non-hydrogen) atoms. The fraction of sp³-hybridized carbons (Fsp3) is 0.556. The molecule has 0 aromatic carbocycles. The molecule has 1 aromatic rings. The van der Waals surface area contributed by atoms with Crippen molar-refractivity contribution in [1.82, 2.24) is 9.55 Å². The number of anilines is 1. The molecule has 1 aliphatic rings. The normalized spacial score (nSPS) is 26.0. The monoisotopic (exact) mass is 411 g/mol. The Labute approximate surface area is 162 Å². The maximum absolute atomic E-state index is 11.7. The predicted molar refractivity (Wildman–Crippen MR) is 83.5 cm³/mol. The Morgan fingerprint density at radius 3 is 2.60 bits per heavy atom. The molecule has 4 atom stereocenters. The zero-order chi connectivity index (χ0) is 18.1. The van der Waals surface area contributed by atoms with Gasteiger partial charge in [0.2, 0.25) is 0 Å². The summed E-state index contributed by atoms with van der Waals surface area (Å²) in [5.74, 6) is 0.00508. The minimum atomic E-state index is -5.24. The zero-order valence-corrected chi connectivity index (χ0v) is 13.7. The number of aromatic nitrogens is 2. The van der Waals surface area contributed by atoms with E-state index in [1.807, 2.05) is 0 Å². The van der Waals surface area contributed by atoms with Gasteiger partial charge in [0, 0.05) is 12.6 Å². The molecule has 0 aliphatic carbocycles. The number of aliphatic hydroxyl groups excluding tert-OH is 1. The second kappa shape index (κ2) is 8.70. The summed E-state index contributed by atoms with van der Waals surface area (Å²) >= 11 is 0. The number of phosphoric acid groups is 2. The number of nitrogens with two attached hydrogens (primary N) is 1. The van der Waals surface area contributed by atoms with Gasteiger partial charge in [-0.2, -0.15) is 9.29 Å². The number of hydrogen-bond acceptors (Lipinski definition) is 9. The summed E-state index contributed by atoms with van der Waals surface area (Å²) in [4.78, 5) is 41.3. The van der Waals surface area contributed by atoms with Crippen LogP contribution in [0.2, 0.25) is 0 Å². The van der Waals surface area contributed by atoms with Crippen LogP contribution >= 0.6 is 15.6 Å². The van der Waals surface area contributed by atoms with Crippen LogP contribution in [0.4, 0.5) is 5.82 Å². The standard InChI is InChI=1S/C9H15N3O10P2.Na.H/c10-7-1-2-12(9(14)11-7)8-3-5(13)6(21-8)4-20-24(18,19)22-23(15,16)17;;/h1-2,5-6,8,13H,3-4H2,(H,18,19)(H2,10,11,14)(H2,15,16,17);;/t5-,6+,8+;;/m0../s1. The molecule has 0 amide bonds. The van der Waals surface area contributed by atoms with Gasteiger partial charge in [-0.25, -0.2) is 13.9 Å². The first-order valence-electron chi connectivity index (χ1n) is 6.39. The average Bonchev–Trinajstić information content (AvgIpc) is 2.75. The predicted octanol–water partition coefficient (Wildman–Crippen LogP) is -1.95. The van der Waals surface area contributed by atoms with Crippen molar-refractivity contribution in [3.05, 3.63) is 22.7 Å². The molecule has 6 N–H and O–H groups in total. The zero-order valence-electron chi connectivity index (χ0n) is 11.9. The van der Waals surface area contributed by atoms with Crippen molar-refractivity contribution in [3.63, 3.8) is 0 Å². The van der Waals surface area contributed by atoms with Crippen molar-refractivity contribution in [2.45, 2.75) is 24.9 Å². The second-order valence-electron chi connectivity index (χ2n) is 4.81. The number of rotatable bonds is 6. The summed E-state index contributed by atoms with van der Waals surface area (Å²) in [6, 6.07) is 1.34. The molecule has 1 fully saturated rings. The molecule has 2 rings (SSSR count). The minimum absolute atomic E-state index is 0. The molecule has 16 heteroatoms. The maximum atomic E-state index is 11.7. The quantitative estimate of drug-likeness (QED) is 0.256. The van der Waals surface area contributed by atoms with Gasteiger partial charge in [-0.1, -0.05) is 0 Å². The molecule has 2 heterocycles. The topological polar surface area (TPSA) is 204 Å². The first kappa shape index (κ1) is 22.9. The van der Waals surface area contributed by atoms with E-state index >= 15 is 0 Å². The number of phosphoric ester groups is 1. The van der Waals surface area contributed by atoms with Crippen LogP contribution in [0, 0.1) is 0 Å². The average molecular weight is 411 g/mol. The number of nitrogen functional groups attached to an aromatic ring is 1. The van der Waals surface area contributed by atoms with Crippen molar-refractivity contribution in [2.24, 2.45) is 0 Å². The first-order valence-corrected chi connectivity index (χ1v) is 9.42. The van der Waals surface area contributed by atoms with Gasteiger partial charge in [0.05, 0.1) is 12.7 Å². The van der Waals surface area contributed by atoms with Crippen LogP contribution in [0.1, 0.15) is 12.6 Å². The fourth-order valence-electron chi connectivity index (χ4n) is 2.01. The van der Waals surface area contributed by atoms with Gasteiger partial charge in [-0.15, -0.1) is 0 Å². The summed E-state index contributed by atoms with van der Waals surface area (Å²) < 4.78 is 36.2. The summed E-state index contributed by atoms with van der Waals surface area (Å²) in [5, 5.41) is 9.86. The molecule has 1 saturated heterocycles. The molecule has 1 aliphatic heterocycles. The molecule has 0 spiro atoms. The van der Waals surface area contributed by atoms with Gasteiger partial charge in [0.1, 0.15) is 18.1 Å². The van der Waals surface area contributed by atoms with E-state index in [0.717, 1.165) is 4.57 Å². The Kier molecular flexibility index (Phi) is 7.97. The van der Waals surface area contributed by atoms with Gasteiger partial charge < -0.3 is 30.3 Å². The Hall–Kier alpha value is -0.140. The third-order valence-electron chi connectivity index (χ3n) is 2.98. The van der Waals surface area contributed by atoms with Crippen LogP contribution in [0.15, 0.2) is 17.1 Å². The Morgan fingerprint density at radius 1 is 1.40 bits per heavy atom. The van der Waals surface area contributed by atoms with E-state index in [1.54, 1.807) is 0 Å². The van der Waals surface area contributed by atoms with Crippen LogP contribution in [0.25, 0.3) is 0 Å². The molecule has 13 nitrogen and oxygen atoms in total. The van der Waals surface area contributed by atoms with Gasteiger partial charge in [0.25, 0.3) is 0 Å². The van der Waals surface area contributed by atoms with Crippen molar-refractivity contribution in [2.75, 3.05) is 12.3 Å². The van der Waals surface area contributed by atoms with Crippen LogP contribution in [-0.4, -0.2) is 77.7 Å². The summed E-state index contributed by atoms with van der Waals surface area (Å²) in [5.41, 5.74) is 4.64. The SMILES string of the molecule is Nc1ccn([C@H]2C[C@H](O)[C@@H](COP(=O)(O)OP(=O)(O)O)O2)c(=O)n1.[NaH]. The van der Waals surface area contributed by atoms with Crippen molar-refractivity contribution in [1.29, 1.82) is 0 Å². The van der Waals surface area contributed by atoms with Crippen LogP contribution in [-0.2, 0) is 22.7 Å². The van der Waals surface area contributed by atoms with Gasteiger partial charge in [-0.3, -0.25) is 9.09 Å². The van der Waals surface area contributed by atoms with Gasteiger partial charge in [-0.05, 0) is 6.07 Å². The number of hydrogen-bond donors (Lipinski definition) is 5. The third-order valence-corrected chi connectivity index (χ3v) is 5.13. The Morgan fingerprint density at radius 2 is 2.04 bits per heavy atom. The first-order chi connectivity index (χ1) is 11.0. The van der Waals surface area contributed by atoms with E-state index in [1.165, 1.54) is 12.3 Å². The van der Waals surface area contributed by atoms with E-state index in [0.29, 0.717) is 0 Å². The molecular weight excluding hydrogens is 395 g/mol. The molecular formula is C9H16N3NaO10P2. The number of nitrogens with zero attached hydrogens (tertiary/aromatic N) is 2. The molecule has 0 saturated carbocycles. The van der Waals surface area contributed by atoms with Crippen molar-refractivity contribution < 1.29 is 42.5 Å².